The number of benzene rings is 2. The monoisotopic (exact) mass is 429 g/mol. The maximum absolute atomic E-state index is 11.2. The van der Waals surface area contributed by atoms with E-state index in [4.69, 9.17) is 18.9 Å². The van der Waals surface area contributed by atoms with Gasteiger partial charge in [-0.25, -0.2) is 0 Å². The minimum atomic E-state index is -0.775. The molecule has 1 heterocycles. The van der Waals surface area contributed by atoms with Crippen molar-refractivity contribution in [3.05, 3.63) is 47.0 Å². The SMILES string of the molecule is COc1ccc(C[C@@H]2c3cc(OC)c(OC)cc3CC(CCC(=O)O)N2C)cc1OC. The summed E-state index contributed by atoms with van der Waals surface area (Å²) in [5.74, 6) is 1.98. The average molecular weight is 430 g/mol. The van der Waals surface area contributed by atoms with Crippen LogP contribution in [0.2, 0.25) is 0 Å². The van der Waals surface area contributed by atoms with Gasteiger partial charge >= 0.3 is 5.97 Å². The summed E-state index contributed by atoms with van der Waals surface area (Å²) in [6.45, 7) is 0. The van der Waals surface area contributed by atoms with Gasteiger partial charge in [-0.05, 0) is 67.3 Å². The molecule has 0 aromatic heterocycles. The number of aliphatic carboxylic acids is 1. The smallest absolute Gasteiger partial charge is 0.303 e. The fourth-order valence-corrected chi connectivity index (χ4v) is 4.38. The zero-order valence-corrected chi connectivity index (χ0v) is 18.8. The molecule has 0 aliphatic carbocycles. The van der Waals surface area contributed by atoms with Gasteiger partial charge in [-0.3, -0.25) is 9.69 Å². The summed E-state index contributed by atoms with van der Waals surface area (Å²) in [4.78, 5) is 13.5. The van der Waals surface area contributed by atoms with E-state index < -0.39 is 5.97 Å². The van der Waals surface area contributed by atoms with E-state index in [1.807, 2.05) is 30.3 Å². The highest BCUT2D eigenvalue weighted by Gasteiger charge is 2.33. The lowest BCUT2D eigenvalue weighted by Crippen LogP contribution is -2.42. The van der Waals surface area contributed by atoms with E-state index in [1.165, 1.54) is 5.56 Å². The molecule has 0 radical (unpaired) electrons. The van der Waals surface area contributed by atoms with E-state index >= 15 is 0 Å². The van der Waals surface area contributed by atoms with Gasteiger partial charge in [-0.15, -0.1) is 0 Å². The third kappa shape index (κ3) is 4.88. The summed E-state index contributed by atoms with van der Waals surface area (Å²) in [6, 6.07) is 10.2. The van der Waals surface area contributed by atoms with Crippen molar-refractivity contribution in [2.75, 3.05) is 35.5 Å². The highest BCUT2D eigenvalue weighted by Crippen LogP contribution is 2.42. The number of fused-ring (bicyclic) bond motifs is 1. The number of hydrogen-bond acceptors (Lipinski definition) is 6. The van der Waals surface area contributed by atoms with Gasteiger partial charge in [0.25, 0.3) is 0 Å². The topological polar surface area (TPSA) is 77.5 Å². The number of likely N-dealkylation sites (N-methyl/N-ethyl adjacent to an activating group) is 1. The maximum atomic E-state index is 11.2. The van der Waals surface area contributed by atoms with Gasteiger partial charge in [-0.2, -0.15) is 0 Å². The molecule has 2 atom stereocenters. The van der Waals surface area contributed by atoms with Crippen molar-refractivity contribution >= 4 is 5.97 Å². The molecule has 168 valence electrons. The molecular weight excluding hydrogens is 398 g/mol. The number of ether oxygens (including phenoxy) is 4. The molecule has 7 nitrogen and oxygen atoms in total. The fourth-order valence-electron chi connectivity index (χ4n) is 4.38. The van der Waals surface area contributed by atoms with Crippen LogP contribution in [0.25, 0.3) is 0 Å². The van der Waals surface area contributed by atoms with Crippen LogP contribution in [-0.2, 0) is 17.6 Å². The van der Waals surface area contributed by atoms with Crippen molar-refractivity contribution in [3.8, 4) is 23.0 Å². The quantitative estimate of drug-likeness (QED) is 0.651. The molecule has 7 heteroatoms. The van der Waals surface area contributed by atoms with E-state index in [1.54, 1.807) is 28.4 Å². The van der Waals surface area contributed by atoms with Crippen LogP contribution in [0.4, 0.5) is 0 Å². The average Bonchev–Trinajstić information content (AvgIpc) is 2.78. The Balaban J connectivity index is 2.01. The number of methoxy groups -OCH3 is 4. The van der Waals surface area contributed by atoms with Gasteiger partial charge in [-0.1, -0.05) is 6.07 Å². The van der Waals surface area contributed by atoms with Crippen LogP contribution in [0.1, 0.15) is 35.6 Å². The van der Waals surface area contributed by atoms with Crippen LogP contribution in [0.15, 0.2) is 30.3 Å². The maximum Gasteiger partial charge on any atom is 0.303 e. The number of nitrogens with zero attached hydrogens (tertiary/aromatic N) is 1. The van der Waals surface area contributed by atoms with Crippen molar-refractivity contribution in [1.29, 1.82) is 0 Å². The molecule has 1 N–H and O–H groups in total. The summed E-state index contributed by atoms with van der Waals surface area (Å²) in [5.41, 5.74) is 3.44. The number of hydrogen-bond donors (Lipinski definition) is 1. The lowest BCUT2D eigenvalue weighted by atomic mass is 9.84. The first-order valence-electron chi connectivity index (χ1n) is 10.3. The second-order valence-corrected chi connectivity index (χ2v) is 7.77. The molecule has 2 aromatic rings. The Morgan fingerprint density at radius 1 is 0.968 bits per heavy atom. The van der Waals surface area contributed by atoms with Crippen LogP contribution < -0.4 is 18.9 Å². The summed E-state index contributed by atoms with van der Waals surface area (Å²) in [6.07, 6.45) is 2.23. The van der Waals surface area contributed by atoms with Gasteiger partial charge in [0, 0.05) is 18.5 Å². The fraction of sp³-hybridized carbons (Fsp3) is 0.458. The Morgan fingerprint density at radius 3 is 2.19 bits per heavy atom. The highest BCUT2D eigenvalue weighted by molar-refractivity contribution is 5.66. The van der Waals surface area contributed by atoms with E-state index in [-0.39, 0.29) is 18.5 Å². The van der Waals surface area contributed by atoms with Crippen molar-refractivity contribution in [2.24, 2.45) is 0 Å². The molecule has 0 spiro atoms. The van der Waals surface area contributed by atoms with E-state index in [9.17, 15) is 9.90 Å². The molecule has 0 saturated carbocycles. The summed E-state index contributed by atoms with van der Waals surface area (Å²) < 4.78 is 21.9. The van der Waals surface area contributed by atoms with Crippen LogP contribution in [0.5, 0.6) is 23.0 Å². The molecule has 3 rings (SSSR count). The number of carboxylic acid groups (broad SMARTS) is 1. The van der Waals surface area contributed by atoms with Crippen LogP contribution in [0, 0.1) is 0 Å². The molecule has 0 fully saturated rings. The first kappa shape index (κ1) is 22.7. The normalized spacial score (nSPS) is 18.2. The third-order valence-electron chi connectivity index (χ3n) is 6.10. The Labute approximate surface area is 183 Å². The molecule has 0 amide bonds. The predicted molar refractivity (Wildman–Crippen MR) is 118 cm³/mol. The first-order valence-corrected chi connectivity index (χ1v) is 10.3. The summed E-state index contributed by atoms with van der Waals surface area (Å²) in [5, 5.41) is 9.20. The number of rotatable bonds is 9. The molecule has 0 bridgehead atoms. The second kappa shape index (κ2) is 9.92. The zero-order valence-electron chi connectivity index (χ0n) is 18.8. The van der Waals surface area contributed by atoms with Gasteiger partial charge in [0.2, 0.25) is 0 Å². The Kier molecular flexibility index (Phi) is 7.28. The molecule has 1 aliphatic heterocycles. The molecule has 1 unspecified atom stereocenters. The Hall–Kier alpha value is -2.93. The molecule has 2 aromatic carbocycles. The van der Waals surface area contributed by atoms with Gasteiger partial charge in [0.1, 0.15) is 0 Å². The standard InChI is InChI=1S/C24H31NO6/c1-25-17(7-9-24(26)27)12-16-13-22(30-4)23(31-5)14-18(16)19(25)10-15-6-8-20(28-2)21(11-15)29-3/h6,8,11,13-14,17,19H,7,9-10,12H2,1-5H3,(H,26,27)/t17?,19-/m1/s1. The first-order chi connectivity index (χ1) is 14.9. The highest BCUT2D eigenvalue weighted by atomic mass is 16.5. The minimum absolute atomic E-state index is 0.0560. The largest absolute Gasteiger partial charge is 0.493 e. The second-order valence-electron chi connectivity index (χ2n) is 7.77. The lowest BCUT2D eigenvalue weighted by molar-refractivity contribution is -0.137. The van der Waals surface area contributed by atoms with Crippen molar-refractivity contribution < 1.29 is 28.8 Å². The summed E-state index contributed by atoms with van der Waals surface area (Å²) in [7, 11) is 8.58. The molecule has 31 heavy (non-hydrogen) atoms. The minimum Gasteiger partial charge on any atom is -0.493 e. The van der Waals surface area contributed by atoms with E-state index in [0.717, 1.165) is 24.0 Å². The molecule has 1 aliphatic rings. The Bertz CT molecular complexity index is 929. The predicted octanol–water partition coefficient (Wildman–Crippen LogP) is 3.73. The van der Waals surface area contributed by atoms with Gasteiger partial charge < -0.3 is 24.1 Å². The molecular formula is C24H31NO6. The summed E-state index contributed by atoms with van der Waals surface area (Å²) >= 11 is 0. The van der Waals surface area contributed by atoms with Crippen molar-refractivity contribution in [3.63, 3.8) is 0 Å². The van der Waals surface area contributed by atoms with Crippen molar-refractivity contribution in [1.82, 2.24) is 4.90 Å². The van der Waals surface area contributed by atoms with Gasteiger partial charge in [0.15, 0.2) is 23.0 Å². The molecule has 0 saturated heterocycles. The van der Waals surface area contributed by atoms with Crippen LogP contribution >= 0.6 is 0 Å². The van der Waals surface area contributed by atoms with E-state index in [0.29, 0.717) is 29.4 Å². The zero-order chi connectivity index (χ0) is 22.5. The third-order valence-corrected chi connectivity index (χ3v) is 6.10. The van der Waals surface area contributed by atoms with Crippen LogP contribution in [-0.4, -0.2) is 57.5 Å². The number of carbonyl (C=O) groups is 1. The lowest BCUT2D eigenvalue weighted by Gasteiger charge is -2.41. The van der Waals surface area contributed by atoms with E-state index in [2.05, 4.69) is 11.9 Å². The van der Waals surface area contributed by atoms with Gasteiger partial charge in [0.05, 0.1) is 28.4 Å². The van der Waals surface area contributed by atoms with Crippen LogP contribution in [0.3, 0.4) is 0 Å². The Morgan fingerprint density at radius 2 is 1.58 bits per heavy atom. The van der Waals surface area contributed by atoms with Crippen molar-refractivity contribution in [2.45, 2.75) is 37.8 Å². The number of carboxylic acids is 1.